The molecule has 1 fully saturated rings. The summed E-state index contributed by atoms with van der Waals surface area (Å²) in [6.45, 7) is 9.45. The highest BCUT2D eigenvalue weighted by Gasteiger charge is 2.34. The van der Waals surface area contributed by atoms with Crippen molar-refractivity contribution >= 4 is 11.8 Å². The van der Waals surface area contributed by atoms with E-state index < -0.39 is 5.41 Å². The van der Waals surface area contributed by atoms with Gasteiger partial charge in [-0.15, -0.1) is 0 Å². The van der Waals surface area contributed by atoms with Crippen molar-refractivity contribution in [3.8, 4) is 0 Å². The van der Waals surface area contributed by atoms with E-state index in [4.69, 9.17) is 5.73 Å². The van der Waals surface area contributed by atoms with Crippen LogP contribution < -0.4 is 11.1 Å². The van der Waals surface area contributed by atoms with E-state index in [0.717, 1.165) is 6.54 Å². The van der Waals surface area contributed by atoms with E-state index >= 15 is 0 Å². The zero-order chi connectivity index (χ0) is 15.3. The topological polar surface area (TPSA) is 75.4 Å². The molecule has 0 spiro atoms. The highest BCUT2D eigenvalue weighted by molar-refractivity contribution is 5.82. The van der Waals surface area contributed by atoms with Gasteiger partial charge in [-0.25, -0.2) is 0 Å². The van der Waals surface area contributed by atoms with E-state index in [1.54, 1.807) is 0 Å². The smallest absolute Gasteiger partial charge is 0.226 e. The molecule has 0 saturated carbocycles. The number of hydrogen-bond acceptors (Lipinski definition) is 3. The van der Waals surface area contributed by atoms with Gasteiger partial charge in [0.15, 0.2) is 0 Å². The van der Waals surface area contributed by atoms with Crippen LogP contribution in [0.15, 0.2) is 0 Å². The molecular formula is C15H29N3O2. The maximum Gasteiger partial charge on any atom is 0.226 e. The maximum absolute atomic E-state index is 12.2. The summed E-state index contributed by atoms with van der Waals surface area (Å²) in [6.07, 6.45) is 3.86. The Hall–Kier alpha value is -1.10. The Balaban J connectivity index is 2.54. The number of hydrogen-bond donors (Lipinski definition) is 2. The summed E-state index contributed by atoms with van der Waals surface area (Å²) < 4.78 is 0. The third kappa shape index (κ3) is 4.78. The van der Waals surface area contributed by atoms with Crippen LogP contribution in [0.3, 0.4) is 0 Å². The van der Waals surface area contributed by atoms with Crippen LogP contribution in [0.5, 0.6) is 0 Å². The van der Waals surface area contributed by atoms with E-state index in [2.05, 4.69) is 24.1 Å². The summed E-state index contributed by atoms with van der Waals surface area (Å²) in [5.74, 6) is -0.398. The molecule has 1 aliphatic heterocycles. The fourth-order valence-electron chi connectivity index (χ4n) is 2.85. The van der Waals surface area contributed by atoms with Crippen LogP contribution in [0.4, 0.5) is 0 Å². The summed E-state index contributed by atoms with van der Waals surface area (Å²) in [5, 5.41) is 2.81. The van der Waals surface area contributed by atoms with Gasteiger partial charge in [0.2, 0.25) is 11.8 Å². The number of likely N-dealkylation sites (tertiary alicyclic amines) is 1. The van der Waals surface area contributed by atoms with Crippen molar-refractivity contribution in [1.29, 1.82) is 0 Å². The second kappa shape index (κ2) is 7.07. The number of nitrogens with zero attached hydrogens (tertiary/aromatic N) is 1. The van der Waals surface area contributed by atoms with Gasteiger partial charge in [-0.05, 0) is 40.5 Å². The summed E-state index contributed by atoms with van der Waals surface area (Å²) in [4.78, 5) is 25.4. The first kappa shape index (κ1) is 17.0. The van der Waals surface area contributed by atoms with Crippen molar-refractivity contribution in [2.45, 2.75) is 65.5 Å². The average molecular weight is 284 g/mol. The number of nitrogens with two attached hydrogens (primary N) is 1. The van der Waals surface area contributed by atoms with Gasteiger partial charge in [0.05, 0.1) is 5.41 Å². The van der Waals surface area contributed by atoms with Crippen molar-refractivity contribution in [3.05, 3.63) is 0 Å². The minimum absolute atomic E-state index is 0.0104. The molecule has 0 aromatic heterocycles. The molecule has 116 valence electrons. The van der Waals surface area contributed by atoms with Crippen molar-refractivity contribution < 1.29 is 9.59 Å². The molecule has 5 nitrogen and oxygen atoms in total. The monoisotopic (exact) mass is 284 g/mol. The van der Waals surface area contributed by atoms with E-state index in [1.807, 2.05) is 13.8 Å². The van der Waals surface area contributed by atoms with Gasteiger partial charge in [0.25, 0.3) is 0 Å². The van der Waals surface area contributed by atoms with Crippen LogP contribution in [0, 0.1) is 5.41 Å². The third-order valence-corrected chi connectivity index (χ3v) is 4.23. The van der Waals surface area contributed by atoms with Gasteiger partial charge in [-0.3, -0.25) is 14.5 Å². The summed E-state index contributed by atoms with van der Waals surface area (Å²) in [5.41, 5.74) is 4.61. The summed E-state index contributed by atoms with van der Waals surface area (Å²) >= 11 is 0. The highest BCUT2D eigenvalue weighted by atomic mass is 16.2. The molecule has 1 aliphatic rings. The lowest BCUT2D eigenvalue weighted by molar-refractivity contribution is -0.131. The van der Waals surface area contributed by atoms with Gasteiger partial charge in [-0.1, -0.05) is 6.42 Å². The molecule has 1 heterocycles. The Labute approximate surface area is 122 Å². The molecular weight excluding hydrogens is 255 g/mol. The Morgan fingerprint density at radius 2 is 1.80 bits per heavy atom. The van der Waals surface area contributed by atoms with Crippen LogP contribution >= 0.6 is 0 Å². The first-order chi connectivity index (χ1) is 9.24. The number of amides is 2. The highest BCUT2D eigenvalue weighted by Crippen LogP contribution is 2.27. The SMILES string of the molecule is CC1CCCC(C)N1[13CH2]C(C)(C)C(=O)NCCC(N)=O. The lowest BCUT2D eigenvalue weighted by atomic mass is 9.95. The van der Waals surface area contributed by atoms with Gasteiger partial charge in [0.1, 0.15) is 0 Å². The lowest BCUT2D eigenvalue weighted by Crippen LogP contribution is -2.52. The minimum Gasteiger partial charge on any atom is -0.370 e. The van der Waals surface area contributed by atoms with Crippen LogP contribution in [0.1, 0.15) is 53.4 Å². The number of carbonyl (C=O) groups excluding carboxylic acids is 2. The van der Waals surface area contributed by atoms with E-state index in [1.165, 1.54) is 19.3 Å². The maximum atomic E-state index is 12.2. The first-order valence-electron chi connectivity index (χ1n) is 7.56. The predicted molar refractivity (Wildman–Crippen MR) is 80.1 cm³/mol. The standard InChI is InChI=1S/C15H29N3O2/c1-11-6-5-7-12(2)18(11)10-15(3,4)14(20)17-9-8-13(16)19/h11-12H,5-10H2,1-4H3,(H2,16,19)(H,17,20)/i10+1. The molecule has 0 aliphatic carbocycles. The van der Waals surface area contributed by atoms with Crippen LogP contribution in [-0.2, 0) is 9.59 Å². The number of carbonyl (C=O) groups is 2. The van der Waals surface area contributed by atoms with Gasteiger partial charge in [0, 0.05) is 31.6 Å². The summed E-state index contributed by atoms with van der Waals surface area (Å²) in [6, 6.07) is 1.05. The molecule has 2 unspecified atom stereocenters. The Kier molecular flexibility index (Phi) is 5.99. The first-order valence-corrected chi connectivity index (χ1v) is 7.56. The molecule has 1 rings (SSSR count). The van der Waals surface area contributed by atoms with E-state index in [9.17, 15) is 9.59 Å². The van der Waals surface area contributed by atoms with E-state index in [-0.39, 0.29) is 18.2 Å². The van der Waals surface area contributed by atoms with Crippen molar-refractivity contribution in [2.24, 2.45) is 11.1 Å². The molecule has 1 saturated heterocycles. The van der Waals surface area contributed by atoms with Crippen LogP contribution in [0.2, 0.25) is 0 Å². The number of nitrogens with one attached hydrogen (secondary N) is 1. The Bertz CT molecular complexity index is 345. The van der Waals surface area contributed by atoms with Gasteiger partial charge in [-0.2, -0.15) is 0 Å². The zero-order valence-corrected chi connectivity index (χ0v) is 13.2. The zero-order valence-electron chi connectivity index (χ0n) is 13.2. The molecule has 0 aromatic rings. The second-order valence-corrected chi connectivity index (χ2v) is 6.66. The van der Waals surface area contributed by atoms with Crippen LogP contribution in [-0.4, -0.2) is 41.9 Å². The molecule has 0 bridgehead atoms. The Morgan fingerprint density at radius 3 is 2.30 bits per heavy atom. The number of piperidine rings is 1. The molecule has 2 amide bonds. The fraction of sp³-hybridized carbons (Fsp3) is 0.867. The molecule has 0 radical (unpaired) electrons. The fourth-order valence-corrected chi connectivity index (χ4v) is 2.85. The van der Waals surface area contributed by atoms with Crippen molar-refractivity contribution in [2.75, 3.05) is 13.1 Å². The quantitative estimate of drug-likeness (QED) is 0.721. The van der Waals surface area contributed by atoms with Crippen LogP contribution in [0.25, 0.3) is 0 Å². The normalized spacial score (nSPS) is 24.4. The number of rotatable bonds is 6. The molecule has 3 N–H and O–H groups in total. The molecule has 20 heavy (non-hydrogen) atoms. The molecule has 0 aromatic carbocycles. The third-order valence-electron chi connectivity index (χ3n) is 4.23. The summed E-state index contributed by atoms with van der Waals surface area (Å²) in [7, 11) is 0. The van der Waals surface area contributed by atoms with Crippen molar-refractivity contribution in [1.82, 2.24) is 10.2 Å². The average Bonchev–Trinajstić information content (AvgIpc) is 2.33. The number of primary amides is 1. The predicted octanol–water partition coefficient (Wildman–Crippen LogP) is 1.27. The minimum atomic E-state index is -0.461. The van der Waals surface area contributed by atoms with Gasteiger partial charge < -0.3 is 11.1 Å². The molecule has 2 atom stereocenters. The molecule has 5 heteroatoms. The Morgan fingerprint density at radius 1 is 1.25 bits per heavy atom. The second-order valence-electron chi connectivity index (χ2n) is 6.66. The van der Waals surface area contributed by atoms with E-state index in [0.29, 0.717) is 18.6 Å². The van der Waals surface area contributed by atoms with Crippen molar-refractivity contribution in [3.63, 3.8) is 0 Å². The largest absolute Gasteiger partial charge is 0.370 e. The lowest BCUT2D eigenvalue weighted by Gasteiger charge is -2.42. The van der Waals surface area contributed by atoms with Gasteiger partial charge >= 0.3 is 0 Å².